The first-order chi connectivity index (χ1) is 11.2. The van der Waals surface area contributed by atoms with Crippen LogP contribution in [0.4, 0.5) is 0 Å². The van der Waals surface area contributed by atoms with Crippen LogP contribution >= 0.6 is 24.0 Å². The molecule has 2 heterocycles. The Bertz CT molecular complexity index is 556. The molecule has 134 valence electrons. The first-order valence-electron chi connectivity index (χ1n) is 8.19. The molecule has 0 aromatic heterocycles. The molecule has 2 aliphatic rings. The van der Waals surface area contributed by atoms with Crippen molar-refractivity contribution in [1.29, 1.82) is 0 Å². The molecule has 0 aliphatic carbocycles. The van der Waals surface area contributed by atoms with Crippen LogP contribution in [0.3, 0.4) is 0 Å². The molecule has 1 unspecified atom stereocenters. The van der Waals surface area contributed by atoms with E-state index in [2.05, 4.69) is 35.0 Å². The fourth-order valence-electron chi connectivity index (χ4n) is 2.75. The molecule has 0 radical (unpaired) electrons. The molecule has 2 fully saturated rings. The minimum atomic E-state index is 0. The highest BCUT2D eigenvalue weighted by atomic mass is 127. The maximum absolute atomic E-state index is 6.10. The van der Waals surface area contributed by atoms with Gasteiger partial charge >= 0.3 is 0 Å². The molecule has 3 rings (SSSR count). The number of halogens is 1. The van der Waals surface area contributed by atoms with E-state index in [4.69, 9.17) is 19.9 Å². The van der Waals surface area contributed by atoms with Crippen molar-refractivity contribution in [3.8, 4) is 5.75 Å². The lowest BCUT2D eigenvalue weighted by atomic mass is 10.1. The summed E-state index contributed by atoms with van der Waals surface area (Å²) < 4.78 is 16.8. The van der Waals surface area contributed by atoms with E-state index in [0.717, 1.165) is 37.4 Å². The van der Waals surface area contributed by atoms with Crippen LogP contribution in [0, 0.1) is 6.92 Å². The molecule has 2 N–H and O–H groups in total. The lowest BCUT2D eigenvalue weighted by Gasteiger charge is -2.27. The van der Waals surface area contributed by atoms with Gasteiger partial charge in [-0.25, -0.2) is 4.99 Å². The van der Waals surface area contributed by atoms with E-state index in [-0.39, 0.29) is 30.1 Å². The van der Waals surface area contributed by atoms with Gasteiger partial charge in [-0.15, -0.1) is 24.0 Å². The van der Waals surface area contributed by atoms with Crippen LogP contribution in [0.1, 0.15) is 17.5 Å². The first kappa shape index (κ1) is 19.3. The highest BCUT2D eigenvalue weighted by Gasteiger charge is 2.19. The number of benzene rings is 1. The van der Waals surface area contributed by atoms with Crippen molar-refractivity contribution < 1.29 is 14.2 Å². The van der Waals surface area contributed by atoms with Gasteiger partial charge in [0, 0.05) is 25.1 Å². The van der Waals surface area contributed by atoms with Crippen LogP contribution in [-0.4, -0.2) is 56.5 Å². The number of aryl methyl sites for hydroxylation is 1. The van der Waals surface area contributed by atoms with Gasteiger partial charge in [-0.05, 0) is 18.6 Å². The molecular weight excluding hydrogens is 421 g/mol. The van der Waals surface area contributed by atoms with Gasteiger partial charge in [0.15, 0.2) is 5.96 Å². The Hall–Kier alpha value is -1.06. The van der Waals surface area contributed by atoms with Crippen LogP contribution in [0.25, 0.3) is 0 Å². The molecule has 2 aliphatic heterocycles. The maximum Gasteiger partial charge on any atom is 0.191 e. The maximum atomic E-state index is 6.10. The van der Waals surface area contributed by atoms with Gasteiger partial charge in [0.25, 0.3) is 0 Å². The number of nitrogens with two attached hydrogens (primary N) is 1. The minimum Gasteiger partial charge on any atom is -0.488 e. The van der Waals surface area contributed by atoms with Gasteiger partial charge in [-0.3, -0.25) is 0 Å². The number of nitrogens with zero attached hydrogens (tertiary/aromatic N) is 2. The lowest BCUT2D eigenvalue weighted by molar-refractivity contribution is 0.0674. The Labute approximate surface area is 160 Å². The van der Waals surface area contributed by atoms with Gasteiger partial charge in [0.05, 0.1) is 33.0 Å². The zero-order chi connectivity index (χ0) is 16.1. The van der Waals surface area contributed by atoms with Gasteiger partial charge in [-0.1, -0.05) is 12.1 Å². The molecule has 0 amide bonds. The second kappa shape index (κ2) is 9.43. The zero-order valence-corrected chi connectivity index (χ0v) is 16.4. The SMILES string of the molecule is Cc1ccc(CN=C(N)N2CCOCC2)c(OC2CCOC2)c1.I. The van der Waals surface area contributed by atoms with E-state index in [9.17, 15) is 0 Å². The number of ether oxygens (including phenoxy) is 3. The largest absolute Gasteiger partial charge is 0.488 e. The van der Waals surface area contributed by atoms with Gasteiger partial charge in [0.1, 0.15) is 11.9 Å². The molecule has 7 heteroatoms. The molecule has 1 aromatic carbocycles. The van der Waals surface area contributed by atoms with Gasteiger partial charge in [0.2, 0.25) is 0 Å². The van der Waals surface area contributed by atoms with Crippen molar-refractivity contribution in [3.05, 3.63) is 29.3 Å². The van der Waals surface area contributed by atoms with Crippen LogP contribution in [0.15, 0.2) is 23.2 Å². The highest BCUT2D eigenvalue weighted by Crippen LogP contribution is 2.24. The average Bonchev–Trinajstić information content (AvgIpc) is 3.08. The lowest BCUT2D eigenvalue weighted by Crippen LogP contribution is -2.44. The molecule has 24 heavy (non-hydrogen) atoms. The molecule has 0 bridgehead atoms. The van der Waals surface area contributed by atoms with Crippen LogP contribution in [0.2, 0.25) is 0 Å². The molecular formula is C17H26IN3O3. The smallest absolute Gasteiger partial charge is 0.191 e. The van der Waals surface area contributed by atoms with Crippen molar-refractivity contribution >= 4 is 29.9 Å². The quantitative estimate of drug-likeness (QED) is 0.434. The first-order valence-corrected chi connectivity index (χ1v) is 8.19. The van der Waals surface area contributed by atoms with Crippen molar-refractivity contribution in [3.63, 3.8) is 0 Å². The normalized spacial score (nSPS) is 21.5. The summed E-state index contributed by atoms with van der Waals surface area (Å²) in [6.07, 6.45) is 1.07. The number of guanidine groups is 1. The van der Waals surface area contributed by atoms with Gasteiger partial charge < -0.3 is 24.8 Å². The van der Waals surface area contributed by atoms with Crippen LogP contribution in [0.5, 0.6) is 5.75 Å². The van der Waals surface area contributed by atoms with E-state index in [1.807, 2.05) is 0 Å². The summed E-state index contributed by atoms with van der Waals surface area (Å²) in [5, 5.41) is 0. The third-order valence-electron chi connectivity index (χ3n) is 4.15. The molecule has 6 nitrogen and oxygen atoms in total. The van der Waals surface area contributed by atoms with Crippen molar-refractivity contribution in [2.45, 2.75) is 26.0 Å². The summed E-state index contributed by atoms with van der Waals surface area (Å²) in [7, 11) is 0. The van der Waals surface area contributed by atoms with E-state index in [1.165, 1.54) is 5.56 Å². The predicted molar refractivity (Wildman–Crippen MR) is 104 cm³/mol. The highest BCUT2D eigenvalue weighted by molar-refractivity contribution is 14.0. The Morgan fingerprint density at radius 3 is 2.79 bits per heavy atom. The molecule has 0 spiro atoms. The fourth-order valence-corrected chi connectivity index (χ4v) is 2.75. The number of rotatable bonds is 4. The standard InChI is InChI=1S/C17H25N3O3.HI/c1-13-2-3-14(16(10-13)23-15-4-7-22-12-15)11-19-17(18)20-5-8-21-9-6-20;/h2-3,10,15H,4-9,11-12H2,1H3,(H2,18,19);1H. The monoisotopic (exact) mass is 447 g/mol. The van der Waals surface area contributed by atoms with E-state index < -0.39 is 0 Å². The van der Waals surface area contributed by atoms with Crippen molar-refractivity contribution in [2.75, 3.05) is 39.5 Å². The van der Waals surface area contributed by atoms with E-state index in [1.54, 1.807) is 0 Å². The second-order valence-corrected chi connectivity index (χ2v) is 5.99. The number of hydrogen-bond acceptors (Lipinski definition) is 4. The average molecular weight is 447 g/mol. The summed E-state index contributed by atoms with van der Waals surface area (Å²) in [5.74, 6) is 1.46. The minimum absolute atomic E-state index is 0. The van der Waals surface area contributed by atoms with Crippen LogP contribution < -0.4 is 10.5 Å². The fraction of sp³-hybridized carbons (Fsp3) is 0.588. The molecule has 2 saturated heterocycles. The summed E-state index contributed by atoms with van der Waals surface area (Å²) in [6.45, 7) is 7.02. The second-order valence-electron chi connectivity index (χ2n) is 5.99. The zero-order valence-electron chi connectivity index (χ0n) is 14.1. The van der Waals surface area contributed by atoms with Gasteiger partial charge in [-0.2, -0.15) is 0 Å². The Morgan fingerprint density at radius 1 is 1.29 bits per heavy atom. The summed E-state index contributed by atoms with van der Waals surface area (Å²) in [5.41, 5.74) is 8.33. The number of morpholine rings is 1. The van der Waals surface area contributed by atoms with E-state index >= 15 is 0 Å². The number of hydrogen-bond donors (Lipinski definition) is 1. The molecule has 0 saturated carbocycles. The summed E-state index contributed by atoms with van der Waals surface area (Å²) >= 11 is 0. The van der Waals surface area contributed by atoms with E-state index in [0.29, 0.717) is 32.3 Å². The summed E-state index contributed by atoms with van der Waals surface area (Å²) in [4.78, 5) is 6.60. The van der Waals surface area contributed by atoms with Crippen molar-refractivity contribution in [1.82, 2.24) is 4.90 Å². The third kappa shape index (κ3) is 5.22. The Kier molecular flexibility index (Phi) is 7.57. The Morgan fingerprint density at radius 2 is 2.08 bits per heavy atom. The number of aliphatic imine (C=N–C) groups is 1. The van der Waals surface area contributed by atoms with Crippen molar-refractivity contribution in [2.24, 2.45) is 10.7 Å². The topological polar surface area (TPSA) is 69.3 Å². The molecule has 1 atom stereocenters. The molecule has 1 aromatic rings. The third-order valence-corrected chi connectivity index (χ3v) is 4.15. The predicted octanol–water partition coefficient (Wildman–Crippen LogP) is 1.93. The van der Waals surface area contributed by atoms with Crippen LogP contribution in [-0.2, 0) is 16.0 Å². The Balaban J connectivity index is 0.00000208. The summed E-state index contributed by atoms with van der Waals surface area (Å²) in [6, 6.07) is 6.21.